The van der Waals surface area contributed by atoms with E-state index < -0.39 is 35.5 Å². The second-order valence-electron chi connectivity index (χ2n) is 11.4. The Kier molecular flexibility index (Phi) is 5.12. The molecule has 1 aromatic carbocycles. The third-order valence-electron chi connectivity index (χ3n) is 8.78. The van der Waals surface area contributed by atoms with Gasteiger partial charge in [-0.05, 0) is 35.4 Å². The van der Waals surface area contributed by atoms with Crippen molar-refractivity contribution in [1.29, 1.82) is 0 Å². The van der Waals surface area contributed by atoms with Crippen LogP contribution in [0.4, 0.5) is 0 Å². The number of carbonyl (C=O) groups excluding carboxylic acids is 3. The molecule has 6 rings (SSSR count). The van der Waals surface area contributed by atoms with Crippen LogP contribution in [0, 0.1) is 0 Å². The molecule has 202 valence electrons. The molecule has 1 aromatic rings. The smallest absolute Gasteiger partial charge is 0.252 e. The summed E-state index contributed by atoms with van der Waals surface area (Å²) in [5.41, 5.74) is 13.1. The fourth-order valence-electron chi connectivity index (χ4n) is 6.76. The Labute approximate surface area is 218 Å². The van der Waals surface area contributed by atoms with Gasteiger partial charge in [0.2, 0.25) is 17.6 Å². The maximum absolute atomic E-state index is 13.5. The molecule has 38 heavy (non-hydrogen) atoms. The summed E-state index contributed by atoms with van der Waals surface area (Å²) in [5.74, 6) is -3.83. The molecule has 0 radical (unpaired) electrons. The lowest BCUT2D eigenvalue weighted by molar-refractivity contribution is -0.230. The normalized spacial score (nSPS) is 32.4. The largest absolute Gasteiger partial charge is 0.370 e. The van der Waals surface area contributed by atoms with Crippen molar-refractivity contribution in [2.75, 3.05) is 13.1 Å². The minimum Gasteiger partial charge on any atom is -0.370 e. The van der Waals surface area contributed by atoms with E-state index in [9.17, 15) is 24.6 Å². The predicted octanol–water partition coefficient (Wildman–Crippen LogP) is -2.17. The molecule has 0 bridgehead atoms. The van der Waals surface area contributed by atoms with E-state index >= 15 is 0 Å². The van der Waals surface area contributed by atoms with Crippen molar-refractivity contribution in [3.63, 3.8) is 0 Å². The first kappa shape index (κ1) is 24.6. The van der Waals surface area contributed by atoms with Crippen LogP contribution >= 0.6 is 0 Å². The van der Waals surface area contributed by atoms with Crippen molar-refractivity contribution < 1.29 is 24.6 Å². The lowest BCUT2D eigenvalue weighted by atomic mass is 9.84. The molecule has 1 spiro atoms. The van der Waals surface area contributed by atoms with Gasteiger partial charge in [0.1, 0.15) is 12.1 Å². The lowest BCUT2D eigenvalue weighted by Crippen LogP contribution is -2.78. The number of imide groups is 1. The quantitative estimate of drug-likeness (QED) is 0.187. The molecule has 2 fully saturated rings. The van der Waals surface area contributed by atoms with E-state index in [0.717, 1.165) is 28.9 Å². The second-order valence-corrected chi connectivity index (χ2v) is 11.4. The highest BCUT2D eigenvalue weighted by atomic mass is 16.5. The number of hydrogen-bond donors (Lipinski definition) is 6. The molecule has 4 aliphatic heterocycles. The molecule has 4 atom stereocenters. The second kappa shape index (κ2) is 7.90. The summed E-state index contributed by atoms with van der Waals surface area (Å²) in [4.78, 5) is 49.4. The third-order valence-corrected chi connectivity index (χ3v) is 8.78. The van der Waals surface area contributed by atoms with Crippen LogP contribution in [0.2, 0.25) is 0 Å². The van der Waals surface area contributed by atoms with Gasteiger partial charge in [-0.1, -0.05) is 26.0 Å². The number of rotatable bonds is 4. The van der Waals surface area contributed by atoms with Gasteiger partial charge < -0.3 is 37.2 Å². The van der Waals surface area contributed by atoms with Crippen LogP contribution in [0.25, 0.3) is 0 Å². The summed E-state index contributed by atoms with van der Waals surface area (Å²) in [5, 5.41) is 29.0. The number of guanidine groups is 2. The zero-order valence-electron chi connectivity index (χ0n) is 21.3. The van der Waals surface area contributed by atoms with Gasteiger partial charge in [0.15, 0.2) is 17.6 Å². The molecule has 0 aromatic heterocycles. The minimum atomic E-state index is -2.60. The van der Waals surface area contributed by atoms with E-state index in [2.05, 4.69) is 34.5 Å². The molecule has 3 amide bonds. The Morgan fingerprint density at radius 3 is 2.58 bits per heavy atom. The number of nitrogens with zero attached hydrogens (tertiary/aromatic N) is 4. The van der Waals surface area contributed by atoms with Crippen LogP contribution in [-0.4, -0.2) is 92.3 Å². The zero-order chi connectivity index (χ0) is 27.2. The Bertz CT molecular complexity index is 1310. The average molecular weight is 525 g/mol. The van der Waals surface area contributed by atoms with Crippen LogP contribution < -0.4 is 22.1 Å². The summed E-state index contributed by atoms with van der Waals surface area (Å²) in [6.45, 7) is 4.06. The number of fused-ring (bicyclic) bond motifs is 1. The summed E-state index contributed by atoms with van der Waals surface area (Å²) in [6, 6.07) is 2.52. The monoisotopic (exact) mass is 524 g/mol. The van der Waals surface area contributed by atoms with E-state index in [0.29, 0.717) is 5.56 Å². The van der Waals surface area contributed by atoms with Gasteiger partial charge in [0, 0.05) is 24.9 Å². The Balaban J connectivity index is 1.31. The van der Waals surface area contributed by atoms with E-state index in [1.54, 1.807) is 6.07 Å². The number of benzene rings is 1. The number of hydrogen-bond acceptors (Lipinski definition) is 11. The highest BCUT2D eigenvalue weighted by Gasteiger charge is 2.73. The number of likely N-dealkylation sites (tertiary alicyclic amines) is 1. The van der Waals surface area contributed by atoms with Gasteiger partial charge in [-0.3, -0.25) is 19.3 Å². The predicted molar refractivity (Wildman–Crippen MR) is 136 cm³/mol. The summed E-state index contributed by atoms with van der Waals surface area (Å²) in [6.07, 6.45) is 1.87. The first-order chi connectivity index (χ1) is 17.9. The molecule has 5 aliphatic rings. The minimum absolute atomic E-state index is 0.0469. The van der Waals surface area contributed by atoms with Gasteiger partial charge in [-0.2, -0.15) is 0 Å². The van der Waals surface area contributed by atoms with Gasteiger partial charge in [0.05, 0.1) is 12.6 Å². The van der Waals surface area contributed by atoms with Gasteiger partial charge in [-0.25, -0.2) is 9.98 Å². The van der Waals surface area contributed by atoms with Gasteiger partial charge in [0.25, 0.3) is 5.91 Å². The summed E-state index contributed by atoms with van der Waals surface area (Å²) >= 11 is 0. The van der Waals surface area contributed by atoms with E-state index in [1.807, 2.05) is 12.1 Å². The maximum Gasteiger partial charge on any atom is 0.252 e. The van der Waals surface area contributed by atoms with Crippen molar-refractivity contribution in [1.82, 2.24) is 20.4 Å². The fourth-order valence-corrected chi connectivity index (χ4v) is 6.76. The molecule has 2 saturated heterocycles. The Hall–Kier alpha value is -3.71. The van der Waals surface area contributed by atoms with Crippen LogP contribution in [0.3, 0.4) is 0 Å². The molecular weight excluding hydrogens is 492 g/mol. The SMILES string of the molecule is CC1(C)CCc2c(C(=O)N[C@H]3CN4C(N)=N[C@@H](CN5C(=O)CCC5=O)[C@@H]5N=C(N)N[C@@]54C3(O)O)cccc21. The average Bonchev–Trinajstić information content (AvgIpc) is 3.54. The molecule has 0 saturated carbocycles. The van der Waals surface area contributed by atoms with Crippen molar-refractivity contribution in [2.24, 2.45) is 21.5 Å². The fraction of sp³-hybridized carbons (Fsp3) is 0.560. The number of carbonyl (C=O) groups is 3. The Morgan fingerprint density at radius 1 is 1.16 bits per heavy atom. The van der Waals surface area contributed by atoms with Crippen molar-refractivity contribution in [3.05, 3.63) is 34.9 Å². The standard InChI is InChI=1S/C25H32N8O5/c1-23(2)9-8-12-13(4-3-5-14(12)23)20(36)29-16-11-33-22(27)28-15(10-32-17(34)6-7-18(32)35)19-24(33,25(16,37)38)31-21(26)30-19/h3-5,15-16,19,37-38H,6-11H2,1-2H3,(H2,27,28)(H,29,36)(H3,26,30,31)/t15-,16-,19-,24-/m0/s1. The number of aliphatic hydroxyl groups is 2. The highest BCUT2D eigenvalue weighted by molar-refractivity contribution is 6.02. The summed E-state index contributed by atoms with van der Waals surface area (Å²) in [7, 11) is 0. The third kappa shape index (κ3) is 3.21. The number of nitrogens with one attached hydrogen (secondary N) is 2. The number of amides is 3. The van der Waals surface area contributed by atoms with E-state index in [-0.39, 0.29) is 55.1 Å². The molecule has 8 N–H and O–H groups in total. The zero-order valence-corrected chi connectivity index (χ0v) is 21.3. The maximum atomic E-state index is 13.5. The highest BCUT2D eigenvalue weighted by Crippen LogP contribution is 2.45. The molecule has 13 heteroatoms. The molecule has 1 aliphatic carbocycles. The van der Waals surface area contributed by atoms with Crippen molar-refractivity contribution in [2.45, 2.75) is 74.5 Å². The van der Waals surface area contributed by atoms with Crippen LogP contribution in [0.5, 0.6) is 0 Å². The van der Waals surface area contributed by atoms with Crippen molar-refractivity contribution >= 4 is 29.6 Å². The van der Waals surface area contributed by atoms with E-state index in [1.165, 1.54) is 4.90 Å². The van der Waals surface area contributed by atoms with Gasteiger partial charge in [-0.15, -0.1) is 0 Å². The summed E-state index contributed by atoms with van der Waals surface area (Å²) < 4.78 is 0. The molecular formula is C25H32N8O5. The number of aliphatic imine (C=N–C) groups is 2. The lowest BCUT2D eigenvalue weighted by Gasteiger charge is -2.49. The van der Waals surface area contributed by atoms with Gasteiger partial charge >= 0.3 is 0 Å². The van der Waals surface area contributed by atoms with Crippen LogP contribution in [0.1, 0.15) is 54.6 Å². The molecule has 13 nitrogen and oxygen atoms in total. The van der Waals surface area contributed by atoms with E-state index in [4.69, 9.17) is 11.5 Å². The van der Waals surface area contributed by atoms with Crippen LogP contribution in [0.15, 0.2) is 28.2 Å². The molecule has 0 unspecified atom stereocenters. The number of nitrogens with two attached hydrogens (primary N) is 2. The van der Waals surface area contributed by atoms with Crippen molar-refractivity contribution in [3.8, 4) is 0 Å². The van der Waals surface area contributed by atoms with Crippen LogP contribution in [-0.2, 0) is 21.4 Å². The first-order valence-corrected chi connectivity index (χ1v) is 12.8. The topological polar surface area (TPSA) is 199 Å². The first-order valence-electron chi connectivity index (χ1n) is 12.8. The Morgan fingerprint density at radius 2 is 1.87 bits per heavy atom. The molecule has 4 heterocycles.